The summed E-state index contributed by atoms with van der Waals surface area (Å²) in [4.78, 5) is 0. The van der Waals surface area contributed by atoms with Gasteiger partial charge in [-0.3, -0.25) is 0 Å². The van der Waals surface area contributed by atoms with Crippen molar-refractivity contribution in [3.05, 3.63) is 32.9 Å². The Morgan fingerprint density at radius 2 is 2.13 bits per heavy atom. The monoisotopic (exact) mass is 317 g/mol. The second-order valence-electron chi connectivity index (χ2n) is 3.96. The van der Waals surface area contributed by atoms with Crippen LogP contribution in [0.4, 0.5) is 0 Å². The number of aryl methyl sites for hydroxylation is 1. The molecule has 1 aromatic carbocycles. The first kappa shape index (κ1) is 13.0. The highest BCUT2D eigenvalue weighted by molar-refractivity contribution is 14.1. The van der Waals surface area contributed by atoms with Gasteiger partial charge >= 0.3 is 0 Å². The van der Waals surface area contributed by atoms with Gasteiger partial charge in [-0.1, -0.05) is 38.0 Å². The van der Waals surface area contributed by atoms with Gasteiger partial charge in [-0.25, -0.2) is 0 Å². The SMILES string of the molecule is CCCCC(NC)c1cccc(C)c1I. The molecular formula is C13H20IN. The molecule has 1 rings (SSSR count). The Labute approximate surface area is 107 Å². The summed E-state index contributed by atoms with van der Waals surface area (Å²) in [6.45, 7) is 4.42. The molecule has 0 saturated heterocycles. The minimum atomic E-state index is 0.511. The molecule has 0 aliphatic rings. The molecule has 15 heavy (non-hydrogen) atoms. The number of rotatable bonds is 5. The van der Waals surface area contributed by atoms with Crippen molar-refractivity contribution in [2.75, 3.05) is 7.05 Å². The minimum Gasteiger partial charge on any atom is -0.313 e. The highest BCUT2D eigenvalue weighted by Gasteiger charge is 2.12. The van der Waals surface area contributed by atoms with E-state index in [0.29, 0.717) is 6.04 Å². The molecule has 0 saturated carbocycles. The van der Waals surface area contributed by atoms with Gasteiger partial charge in [-0.2, -0.15) is 0 Å². The Balaban J connectivity index is 2.86. The topological polar surface area (TPSA) is 12.0 Å². The minimum absolute atomic E-state index is 0.511. The highest BCUT2D eigenvalue weighted by Crippen LogP contribution is 2.26. The zero-order chi connectivity index (χ0) is 11.3. The molecule has 0 aliphatic carbocycles. The van der Waals surface area contributed by atoms with Crippen LogP contribution in [0, 0.1) is 10.5 Å². The Morgan fingerprint density at radius 3 is 2.73 bits per heavy atom. The van der Waals surface area contributed by atoms with Crippen LogP contribution in [0.25, 0.3) is 0 Å². The fraction of sp³-hybridized carbons (Fsp3) is 0.538. The Bertz CT molecular complexity index is 309. The summed E-state index contributed by atoms with van der Waals surface area (Å²) in [7, 11) is 2.05. The van der Waals surface area contributed by atoms with E-state index in [9.17, 15) is 0 Å². The van der Waals surface area contributed by atoms with Crippen LogP contribution in [0.1, 0.15) is 43.4 Å². The lowest BCUT2D eigenvalue weighted by molar-refractivity contribution is 0.520. The van der Waals surface area contributed by atoms with Crippen LogP contribution in [0.2, 0.25) is 0 Å². The zero-order valence-corrected chi connectivity index (χ0v) is 12.0. The van der Waals surface area contributed by atoms with Gasteiger partial charge in [-0.15, -0.1) is 0 Å². The van der Waals surface area contributed by atoms with E-state index in [1.807, 2.05) is 0 Å². The molecule has 84 valence electrons. The molecule has 0 radical (unpaired) electrons. The summed E-state index contributed by atoms with van der Waals surface area (Å²) >= 11 is 2.46. The van der Waals surface area contributed by atoms with Crippen molar-refractivity contribution < 1.29 is 0 Å². The van der Waals surface area contributed by atoms with Gasteiger partial charge in [0.05, 0.1) is 0 Å². The van der Waals surface area contributed by atoms with Crippen molar-refractivity contribution in [3.8, 4) is 0 Å². The van der Waals surface area contributed by atoms with Gasteiger partial charge in [-0.05, 0) is 54.1 Å². The van der Waals surface area contributed by atoms with Gasteiger partial charge in [0.25, 0.3) is 0 Å². The summed E-state index contributed by atoms with van der Waals surface area (Å²) < 4.78 is 1.41. The third kappa shape index (κ3) is 3.45. The van der Waals surface area contributed by atoms with E-state index >= 15 is 0 Å². The van der Waals surface area contributed by atoms with Crippen molar-refractivity contribution in [2.45, 2.75) is 39.2 Å². The summed E-state index contributed by atoms with van der Waals surface area (Å²) in [5.41, 5.74) is 2.83. The summed E-state index contributed by atoms with van der Waals surface area (Å²) in [6.07, 6.45) is 3.78. The molecule has 0 amide bonds. The van der Waals surface area contributed by atoms with Crippen LogP contribution in [0.15, 0.2) is 18.2 Å². The number of hydrogen-bond donors (Lipinski definition) is 1. The fourth-order valence-electron chi connectivity index (χ4n) is 1.80. The molecule has 0 aromatic heterocycles. The van der Waals surface area contributed by atoms with Crippen molar-refractivity contribution in [3.63, 3.8) is 0 Å². The standard InChI is InChI=1S/C13H20IN/c1-4-5-9-12(15-3)11-8-6-7-10(2)13(11)14/h6-8,12,15H,4-5,9H2,1-3H3. The van der Waals surface area contributed by atoms with E-state index < -0.39 is 0 Å². The average Bonchev–Trinajstić information content (AvgIpc) is 2.25. The first-order valence-electron chi connectivity index (χ1n) is 5.63. The molecule has 1 nitrogen and oxygen atoms in total. The molecule has 2 heteroatoms. The largest absolute Gasteiger partial charge is 0.313 e. The van der Waals surface area contributed by atoms with Crippen molar-refractivity contribution in [1.29, 1.82) is 0 Å². The normalized spacial score (nSPS) is 12.8. The molecule has 0 heterocycles. The lowest BCUT2D eigenvalue weighted by atomic mass is 10.00. The number of unbranched alkanes of at least 4 members (excludes halogenated alkanes) is 1. The van der Waals surface area contributed by atoms with Gasteiger partial charge in [0.1, 0.15) is 0 Å². The van der Waals surface area contributed by atoms with Gasteiger partial charge in [0.2, 0.25) is 0 Å². The Kier molecular flexibility index (Phi) is 5.61. The van der Waals surface area contributed by atoms with Gasteiger partial charge in [0.15, 0.2) is 0 Å². The average molecular weight is 317 g/mol. The van der Waals surface area contributed by atoms with Crippen molar-refractivity contribution >= 4 is 22.6 Å². The van der Waals surface area contributed by atoms with Gasteiger partial charge in [0, 0.05) is 9.61 Å². The second-order valence-corrected chi connectivity index (χ2v) is 5.04. The lowest BCUT2D eigenvalue weighted by Crippen LogP contribution is -2.17. The summed E-state index contributed by atoms with van der Waals surface area (Å²) in [5, 5.41) is 3.42. The molecule has 0 aliphatic heterocycles. The molecule has 1 N–H and O–H groups in total. The van der Waals surface area contributed by atoms with Gasteiger partial charge < -0.3 is 5.32 Å². The fourth-order valence-corrected chi connectivity index (χ4v) is 2.54. The molecule has 1 atom stereocenters. The maximum Gasteiger partial charge on any atom is 0.0328 e. The smallest absolute Gasteiger partial charge is 0.0328 e. The summed E-state index contributed by atoms with van der Waals surface area (Å²) in [6, 6.07) is 7.09. The number of nitrogens with one attached hydrogen (secondary N) is 1. The van der Waals surface area contributed by atoms with Crippen LogP contribution >= 0.6 is 22.6 Å². The van der Waals surface area contributed by atoms with E-state index in [0.717, 1.165) is 0 Å². The maximum atomic E-state index is 3.42. The third-order valence-electron chi connectivity index (χ3n) is 2.79. The second kappa shape index (κ2) is 6.48. The first-order chi connectivity index (χ1) is 7.20. The van der Waals surface area contributed by atoms with E-state index in [2.05, 4.69) is 67.0 Å². The third-order valence-corrected chi connectivity index (χ3v) is 4.27. The van der Waals surface area contributed by atoms with Crippen LogP contribution < -0.4 is 5.32 Å². The molecule has 0 bridgehead atoms. The van der Waals surface area contributed by atoms with Crippen molar-refractivity contribution in [1.82, 2.24) is 5.32 Å². The zero-order valence-electron chi connectivity index (χ0n) is 9.81. The Morgan fingerprint density at radius 1 is 1.40 bits per heavy atom. The highest BCUT2D eigenvalue weighted by atomic mass is 127. The number of halogens is 1. The van der Waals surface area contributed by atoms with E-state index in [1.54, 1.807) is 0 Å². The quantitative estimate of drug-likeness (QED) is 0.808. The van der Waals surface area contributed by atoms with Crippen LogP contribution in [0.5, 0.6) is 0 Å². The van der Waals surface area contributed by atoms with Crippen LogP contribution in [-0.2, 0) is 0 Å². The lowest BCUT2D eigenvalue weighted by Gasteiger charge is -2.18. The molecular weight excluding hydrogens is 297 g/mol. The molecule has 1 aromatic rings. The van der Waals surface area contributed by atoms with Crippen LogP contribution in [0.3, 0.4) is 0 Å². The Hall–Kier alpha value is -0.0900. The van der Waals surface area contributed by atoms with E-state index in [1.165, 1.54) is 34.0 Å². The first-order valence-corrected chi connectivity index (χ1v) is 6.70. The molecule has 0 fully saturated rings. The van der Waals surface area contributed by atoms with Crippen molar-refractivity contribution in [2.24, 2.45) is 0 Å². The summed E-state index contributed by atoms with van der Waals surface area (Å²) in [5.74, 6) is 0. The predicted molar refractivity (Wildman–Crippen MR) is 75.2 cm³/mol. The number of benzene rings is 1. The van der Waals surface area contributed by atoms with E-state index in [-0.39, 0.29) is 0 Å². The molecule has 1 unspecified atom stereocenters. The number of hydrogen-bond acceptors (Lipinski definition) is 1. The van der Waals surface area contributed by atoms with E-state index in [4.69, 9.17) is 0 Å². The predicted octanol–water partition coefficient (Wildman–Crippen LogP) is 4.05. The van der Waals surface area contributed by atoms with Crippen LogP contribution in [-0.4, -0.2) is 7.05 Å². The molecule has 0 spiro atoms. The maximum absolute atomic E-state index is 3.42.